The molecule has 2 unspecified atom stereocenters. The fraction of sp³-hybridized carbons (Fsp3) is 0.939. The van der Waals surface area contributed by atoms with Gasteiger partial charge in [0.2, 0.25) is 5.91 Å². The molecule has 0 aliphatic heterocycles. The summed E-state index contributed by atoms with van der Waals surface area (Å²) >= 11 is 0. The van der Waals surface area contributed by atoms with Crippen molar-refractivity contribution in [2.24, 2.45) is 0 Å². The van der Waals surface area contributed by atoms with Gasteiger partial charge >= 0.3 is 5.97 Å². The van der Waals surface area contributed by atoms with Gasteiger partial charge in [-0.25, -0.2) is 0 Å². The fourth-order valence-corrected chi connectivity index (χ4v) is 10.5. The van der Waals surface area contributed by atoms with Gasteiger partial charge in [-0.1, -0.05) is 341 Å². The standard InChI is InChI=1S/C66H129NO5/c1-3-5-7-9-11-13-15-16-17-34-37-40-44-48-52-56-60-66(71)72-61-57-53-49-45-41-38-35-32-30-28-26-24-22-20-18-19-21-23-25-27-29-31-33-36-39-43-47-51-55-59-65(70)67-63(62-68)64(69)58-54-50-46-42-14-12-10-8-6-4-2/h54,58,63-64,68-69H,3-53,55-57,59-62H2,1-2H3,(H,67,70)/b58-54+. The third kappa shape index (κ3) is 57.9. The van der Waals surface area contributed by atoms with Gasteiger partial charge < -0.3 is 20.3 Å². The second-order valence-corrected chi connectivity index (χ2v) is 22.8. The number of aliphatic hydroxyl groups is 2. The predicted octanol–water partition coefficient (Wildman–Crippen LogP) is 20.8. The van der Waals surface area contributed by atoms with E-state index in [0.29, 0.717) is 19.4 Å². The van der Waals surface area contributed by atoms with Crippen molar-refractivity contribution in [1.82, 2.24) is 5.32 Å². The first-order chi connectivity index (χ1) is 35.5. The lowest BCUT2D eigenvalue weighted by molar-refractivity contribution is -0.143. The average Bonchev–Trinajstić information content (AvgIpc) is 3.38. The highest BCUT2D eigenvalue weighted by atomic mass is 16.5. The minimum atomic E-state index is -0.839. The van der Waals surface area contributed by atoms with Gasteiger partial charge in [0.05, 0.1) is 25.4 Å². The summed E-state index contributed by atoms with van der Waals surface area (Å²) in [7, 11) is 0. The Kier molecular flexibility index (Phi) is 60.9. The summed E-state index contributed by atoms with van der Waals surface area (Å²) in [6, 6.07) is -0.622. The number of ether oxygens (including phenoxy) is 1. The number of nitrogens with one attached hydrogen (secondary N) is 1. The Morgan fingerprint density at radius 1 is 0.375 bits per heavy atom. The van der Waals surface area contributed by atoms with Gasteiger partial charge in [-0.2, -0.15) is 0 Å². The van der Waals surface area contributed by atoms with Crippen molar-refractivity contribution >= 4 is 11.9 Å². The van der Waals surface area contributed by atoms with Crippen molar-refractivity contribution in [3.63, 3.8) is 0 Å². The SMILES string of the molecule is CCCCCCCCCC/C=C/C(O)C(CO)NC(=O)CCCCCCCCCCCCCCCCCCCCCCCCCCCCCCCOC(=O)CCCCCCCCCCCCCCCCCC. The van der Waals surface area contributed by atoms with Gasteiger partial charge in [-0.05, 0) is 32.1 Å². The van der Waals surface area contributed by atoms with Crippen molar-refractivity contribution in [3.05, 3.63) is 12.2 Å². The van der Waals surface area contributed by atoms with Gasteiger partial charge in [-0.3, -0.25) is 9.59 Å². The van der Waals surface area contributed by atoms with Crippen molar-refractivity contribution in [1.29, 1.82) is 0 Å². The van der Waals surface area contributed by atoms with Crippen LogP contribution in [0.15, 0.2) is 12.2 Å². The van der Waals surface area contributed by atoms with Crippen LogP contribution in [0.4, 0.5) is 0 Å². The van der Waals surface area contributed by atoms with Crippen LogP contribution < -0.4 is 5.32 Å². The van der Waals surface area contributed by atoms with Crippen LogP contribution in [0.5, 0.6) is 0 Å². The van der Waals surface area contributed by atoms with E-state index in [9.17, 15) is 19.8 Å². The molecule has 0 fully saturated rings. The van der Waals surface area contributed by atoms with Gasteiger partial charge in [-0.15, -0.1) is 0 Å². The summed E-state index contributed by atoms with van der Waals surface area (Å²) in [4.78, 5) is 24.5. The molecular formula is C66H129NO5. The van der Waals surface area contributed by atoms with Gasteiger partial charge in [0.15, 0.2) is 0 Å². The van der Waals surface area contributed by atoms with Crippen LogP contribution in [-0.4, -0.2) is 47.4 Å². The molecule has 428 valence electrons. The quantitative estimate of drug-likeness (QED) is 0.0320. The molecule has 0 bridgehead atoms. The second-order valence-electron chi connectivity index (χ2n) is 22.8. The molecule has 0 aliphatic rings. The molecule has 0 aliphatic carbocycles. The molecule has 0 aromatic carbocycles. The monoisotopic (exact) mass is 1020 g/mol. The van der Waals surface area contributed by atoms with Crippen LogP contribution in [0, 0.1) is 0 Å². The Hall–Kier alpha value is -1.40. The molecule has 1 amide bonds. The number of carbonyl (C=O) groups excluding carboxylic acids is 2. The van der Waals surface area contributed by atoms with E-state index in [2.05, 4.69) is 19.2 Å². The topological polar surface area (TPSA) is 95.9 Å². The van der Waals surface area contributed by atoms with E-state index in [1.165, 1.54) is 308 Å². The zero-order chi connectivity index (χ0) is 52.2. The molecule has 72 heavy (non-hydrogen) atoms. The summed E-state index contributed by atoms with van der Waals surface area (Å²) in [6.07, 6.45) is 75.7. The van der Waals surface area contributed by atoms with E-state index >= 15 is 0 Å². The Morgan fingerprint density at radius 3 is 0.944 bits per heavy atom. The first-order valence-electron chi connectivity index (χ1n) is 33.0. The maximum absolute atomic E-state index is 12.4. The fourth-order valence-electron chi connectivity index (χ4n) is 10.5. The first kappa shape index (κ1) is 70.6. The van der Waals surface area contributed by atoms with E-state index < -0.39 is 12.1 Å². The van der Waals surface area contributed by atoms with Crippen molar-refractivity contribution in [2.75, 3.05) is 13.2 Å². The maximum Gasteiger partial charge on any atom is 0.305 e. The number of hydrogen-bond donors (Lipinski definition) is 3. The molecule has 0 saturated heterocycles. The lowest BCUT2D eigenvalue weighted by Gasteiger charge is -2.20. The van der Waals surface area contributed by atoms with Crippen molar-refractivity contribution < 1.29 is 24.5 Å². The lowest BCUT2D eigenvalue weighted by atomic mass is 10.0. The normalized spacial score (nSPS) is 12.6. The van der Waals surface area contributed by atoms with E-state index in [0.717, 1.165) is 38.5 Å². The van der Waals surface area contributed by atoms with E-state index in [-0.39, 0.29) is 18.5 Å². The Balaban J connectivity index is 3.30. The zero-order valence-corrected chi connectivity index (χ0v) is 48.9. The minimum Gasteiger partial charge on any atom is -0.466 e. The van der Waals surface area contributed by atoms with Gasteiger partial charge in [0, 0.05) is 12.8 Å². The summed E-state index contributed by atoms with van der Waals surface area (Å²) in [5.41, 5.74) is 0. The molecule has 2 atom stereocenters. The highest BCUT2D eigenvalue weighted by molar-refractivity contribution is 5.76. The summed E-state index contributed by atoms with van der Waals surface area (Å²) in [5, 5.41) is 23.0. The van der Waals surface area contributed by atoms with Crippen molar-refractivity contribution in [2.45, 2.75) is 386 Å². The third-order valence-corrected chi connectivity index (χ3v) is 15.6. The number of carbonyl (C=O) groups is 2. The van der Waals surface area contributed by atoms with Crippen LogP contribution in [0.3, 0.4) is 0 Å². The smallest absolute Gasteiger partial charge is 0.305 e. The number of allylic oxidation sites excluding steroid dienone is 1. The predicted molar refractivity (Wildman–Crippen MR) is 315 cm³/mol. The third-order valence-electron chi connectivity index (χ3n) is 15.6. The number of rotatable bonds is 62. The van der Waals surface area contributed by atoms with Gasteiger partial charge in [0.1, 0.15) is 0 Å². The van der Waals surface area contributed by atoms with Crippen LogP contribution in [0.25, 0.3) is 0 Å². The highest BCUT2D eigenvalue weighted by Crippen LogP contribution is 2.19. The molecule has 0 radical (unpaired) electrons. The van der Waals surface area contributed by atoms with Gasteiger partial charge in [0.25, 0.3) is 0 Å². The molecule has 3 N–H and O–H groups in total. The maximum atomic E-state index is 12.4. The summed E-state index contributed by atoms with van der Waals surface area (Å²) in [5.74, 6) is -0.0415. The van der Waals surface area contributed by atoms with Crippen LogP contribution in [0.1, 0.15) is 373 Å². The Morgan fingerprint density at radius 2 is 0.639 bits per heavy atom. The Bertz CT molecular complexity index is 1080. The number of esters is 1. The highest BCUT2D eigenvalue weighted by Gasteiger charge is 2.18. The van der Waals surface area contributed by atoms with E-state index in [1.807, 2.05) is 6.08 Å². The number of aliphatic hydroxyl groups excluding tert-OH is 2. The Labute approximate surface area is 450 Å². The van der Waals surface area contributed by atoms with E-state index in [1.54, 1.807) is 6.08 Å². The number of hydrogen-bond acceptors (Lipinski definition) is 5. The van der Waals surface area contributed by atoms with Crippen LogP contribution in [-0.2, 0) is 14.3 Å². The number of amides is 1. The number of unbranched alkanes of at least 4 members (excludes halogenated alkanes) is 51. The average molecular weight is 1020 g/mol. The minimum absolute atomic E-state index is 0.0232. The first-order valence-corrected chi connectivity index (χ1v) is 33.0. The molecule has 0 aromatic rings. The van der Waals surface area contributed by atoms with Crippen molar-refractivity contribution in [3.8, 4) is 0 Å². The zero-order valence-electron chi connectivity index (χ0n) is 48.9. The molecular weight excluding hydrogens is 887 g/mol. The van der Waals surface area contributed by atoms with E-state index in [4.69, 9.17) is 4.74 Å². The second kappa shape index (κ2) is 62.1. The van der Waals surface area contributed by atoms with Crippen LogP contribution in [0.2, 0.25) is 0 Å². The molecule has 0 rings (SSSR count). The molecule has 0 saturated carbocycles. The molecule has 6 nitrogen and oxygen atoms in total. The molecule has 0 heterocycles. The van der Waals surface area contributed by atoms with Crippen LogP contribution >= 0.6 is 0 Å². The summed E-state index contributed by atoms with van der Waals surface area (Å²) in [6.45, 7) is 4.92. The molecule has 0 spiro atoms. The molecule has 0 aromatic heterocycles. The largest absolute Gasteiger partial charge is 0.466 e. The lowest BCUT2D eigenvalue weighted by Crippen LogP contribution is -2.45. The summed E-state index contributed by atoms with van der Waals surface area (Å²) < 4.78 is 5.50. The molecule has 6 heteroatoms.